The van der Waals surface area contributed by atoms with E-state index in [1.807, 2.05) is 36.4 Å². The number of nitrogens with zero attached hydrogens (tertiary/aromatic N) is 3. The summed E-state index contributed by atoms with van der Waals surface area (Å²) in [5.74, 6) is -0.684. The molecule has 0 bridgehead atoms. The number of halogens is 3. The molecule has 1 aromatic carbocycles. The zero-order chi connectivity index (χ0) is 25.8. The van der Waals surface area contributed by atoms with E-state index in [9.17, 15) is 29.0 Å². The lowest BCUT2D eigenvalue weighted by Gasteiger charge is -2.33. The molecule has 0 spiro atoms. The molecule has 0 N–H and O–H groups in total. The highest BCUT2D eigenvalue weighted by atomic mass is 32.1. The van der Waals surface area contributed by atoms with E-state index >= 15 is 0 Å². The third kappa shape index (κ3) is 4.41. The van der Waals surface area contributed by atoms with Crippen molar-refractivity contribution in [1.82, 2.24) is 0 Å². The van der Waals surface area contributed by atoms with Crippen molar-refractivity contribution in [2.45, 2.75) is 18.2 Å². The number of benzene rings is 1. The van der Waals surface area contributed by atoms with E-state index in [4.69, 9.17) is 4.74 Å². The van der Waals surface area contributed by atoms with Crippen LogP contribution in [-0.4, -0.2) is 6.18 Å². The third-order valence-corrected chi connectivity index (χ3v) is 6.61. The van der Waals surface area contributed by atoms with Crippen molar-refractivity contribution < 1.29 is 17.9 Å². The molecule has 0 amide bonds. The fourth-order valence-corrected chi connectivity index (χ4v) is 4.74. The molecular formula is C28H16F3N3OS. The Bertz CT molecular complexity index is 1480. The van der Waals surface area contributed by atoms with Gasteiger partial charge in [0.2, 0.25) is 0 Å². The fraction of sp³-hybridized carbons (Fsp3) is 0.107. The second-order valence-electron chi connectivity index (χ2n) is 7.76. The van der Waals surface area contributed by atoms with Crippen molar-refractivity contribution in [3.8, 4) is 18.2 Å². The Balaban J connectivity index is 1.84. The molecule has 2 heterocycles. The lowest BCUT2D eigenvalue weighted by atomic mass is 9.84. The van der Waals surface area contributed by atoms with Gasteiger partial charge in [-0.3, -0.25) is 0 Å². The van der Waals surface area contributed by atoms with Crippen molar-refractivity contribution in [3.05, 3.63) is 116 Å². The average Bonchev–Trinajstić information content (AvgIpc) is 3.61. The summed E-state index contributed by atoms with van der Waals surface area (Å²) in [7, 11) is 0. The van der Waals surface area contributed by atoms with Crippen LogP contribution < -0.4 is 0 Å². The topological polar surface area (TPSA) is 80.6 Å². The van der Waals surface area contributed by atoms with E-state index in [0.29, 0.717) is 4.88 Å². The Morgan fingerprint density at radius 1 is 0.944 bits per heavy atom. The molecule has 0 radical (unpaired) electrons. The molecule has 0 saturated carbocycles. The second-order valence-corrected chi connectivity index (χ2v) is 8.90. The summed E-state index contributed by atoms with van der Waals surface area (Å²) < 4.78 is 49.7. The second kappa shape index (κ2) is 9.96. The van der Waals surface area contributed by atoms with Crippen molar-refractivity contribution in [2.75, 3.05) is 0 Å². The van der Waals surface area contributed by atoms with Gasteiger partial charge in [0.25, 0.3) is 5.60 Å². The van der Waals surface area contributed by atoms with Crippen LogP contribution in [0.25, 0.3) is 12.2 Å². The first-order chi connectivity index (χ1) is 17.3. The summed E-state index contributed by atoms with van der Waals surface area (Å²) in [6.07, 6.45) is 8.41. The summed E-state index contributed by atoms with van der Waals surface area (Å²) in [4.78, 5) is 1.56. The van der Waals surface area contributed by atoms with Crippen LogP contribution in [-0.2, 0) is 10.3 Å². The van der Waals surface area contributed by atoms with Crippen LogP contribution in [0.3, 0.4) is 0 Å². The van der Waals surface area contributed by atoms with Crippen molar-refractivity contribution in [3.63, 3.8) is 0 Å². The van der Waals surface area contributed by atoms with Crippen LogP contribution in [0.4, 0.5) is 13.2 Å². The molecule has 36 heavy (non-hydrogen) atoms. The maximum absolute atomic E-state index is 14.8. The van der Waals surface area contributed by atoms with Crippen LogP contribution in [0.15, 0.2) is 101 Å². The summed E-state index contributed by atoms with van der Waals surface area (Å²) in [5.41, 5.74) is -3.90. The number of rotatable bonds is 5. The van der Waals surface area contributed by atoms with Gasteiger partial charge in [-0.05, 0) is 36.3 Å². The third-order valence-electron chi connectivity index (χ3n) is 5.60. The summed E-state index contributed by atoms with van der Waals surface area (Å²) >= 11 is 1.36. The molecule has 2 aromatic rings. The molecule has 0 saturated heterocycles. The van der Waals surface area contributed by atoms with Crippen molar-refractivity contribution in [2.24, 2.45) is 0 Å². The number of allylic oxidation sites excluding steroid dienone is 7. The number of thiophene rings is 1. The van der Waals surface area contributed by atoms with E-state index in [-0.39, 0.29) is 5.56 Å². The SMILES string of the molecule is N#CC(C#N)=C1OC(c2ccccc2)(C(F)(F)F)C(/C=C/c2ccc(/C=C/C3=CC=CC3)s2)=C1C#N. The number of ether oxygens (including phenoxy) is 1. The highest BCUT2D eigenvalue weighted by molar-refractivity contribution is 7.13. The zero-order valence-electron chi connectivity index (χ0n) is 18.6. The van der Waals surface area contributed by atoms with Gasteiger partial charge in [0.15, 0.2) is 11.3 Å². The van der Waals surface area contributed by atoms with Gasteiger partial charge in [-0.25, -0.2) is 0 Å². The van der Waals surface area contributed by atoms with Crippen LogP contribution in [0.1, 0.15) is 21.7 Å². The Morgan fingerprint density at radius 3 is 2.17 bits per heavy atom. The molecule has 1 aliphatic carbocycles. The Kier molecular flexibility index (Phi) is 6.79. The van der Waals surface area contributed by atoms with E-state index < -0.39 is 34.3 Å². The molecule has 8 heteroatoms. The minimum absolute atomic E-state index is 0.275. The molecule has 1 aliphatic heterocycles. The molecule has 4 rings (SSSR count). The Labute approximate surface area is 209 Å². The molecular weight excluding hydrogens is 483 g/mol. The molecule has 1 aromatic heterocycles. The van der Waals surface area contributed by atoms with E-state index in [1.54, 1.807) is 18.2 Å². The Morgan fingerprint density at radius 2 is 1.61 bits per heavy atom. The van der Waals surface area contributed by atoms with Gasteiger partial charge in [0.05, 0.1) is 0 Å². The van der Waals surface area contributed by atoms with Gasteiger partial charge in [0.1, 0.15) is 23.8 Å². The molecule has 0 fully saturated rings. The first-order valence-electron chi connectivity index (χ1n) is 10.7. The normalized spacial score (nSPS) is 19.3. The van der Waals surface area contributed by atoms with Crippen LogP contribution in [0.2, 0.25) is 0 Å². The van der Waals surface area contributed by atoms with Gasteiger partial charge < -0.3 is 4.74 Å². The van der Waals surface area contributed by atoms with Gasteiger partial charge in [-0.2, -0.15) is 29.0 Å². The Hall–Kier alpha value is -4.58. The number of hydrogen-bond donors (Lipinski definition) is 0. The summed E-state index contributed by atoms with van der Waals surface area (Å²) in [5, 5.41) is 28.4. The van der Waals surface area contributed by atoms with Gasteiger partial charge in [-0.15, -0.1) is 11.3 Å². The maximum Gasteiger partial charge on any atom is 0.437 e. The smallest absolute Gasteiger partial charge is 0.437 e. The van der Waals surface area contributed by atoms with Crippen LogP contribution in [0.5, 0.6) is 0 Å². The van der Waals surface area contributed by atoms with Gasteiger partial charge in [-0.1, -0.05) is 60.7 Å². The van der Waals surface area contributed by atoms with E-state index in [1.165, 1.54) is 59.9 Å². The average molecular weight is 500 g/mol. The molecule has 176 valence electrons. The number of alkyl halides is 3. The first kappa shape index (κ1) is 24.5. The largest absolute Gasteiger partial charge is 0.465 e. The van der Waals surface area contributed by atoms with Gasteiger partial charge in [0, 0.05) is 20.9 Å². The molecule has 2 aliphatic rings. The minimum atomic E-state index is -5.01. The van der Waals surface area contributed by atoms with Gasteiger partial charge >= 0.3 is 6.18 Å². The lowest BCUT2D eigenvalue weighted by molar-refractivity contribution is -0.249. The standard InChI is InChI=1S/C28H16F3N3OS/c29-28(30,31)27(21-8-2-1-3-9-21)25(24(18-34)26(35-27)20(16-32)17-33)15-14-23-13-12-22(36-23)11-10-19-6-4-5-7-19/h1-6,8-15H,7H2/b11-10+,15-14+. The highest BCUT2D eigenvalue weighted by Gasteiger charge is 2.65. The predicted molar refractivity (Wildman–Crippen MR) is 130 cm³/mol. The monoisotopic (exact) mass is 499 g/mol. The summed E-state index contributed by atoms with van der Waals surface area (Å²) in [6, 6.07) is 15.3. The van der Waals surface area contributed by atoms with E-state index in [2.05, 4.69) is 0 Å². The summed E-state index contributed by atoms with van der Waals surface area (Å²) in [6.45, 7) is 0. The van der Waals surface area contributed by atoms with Crippen molar-refractivity contribution in [1.29, 1.82) is 15.8 Å². The predicted octanol–water partition coefficient (Wildman–Crippen LogP) is 7.27. The quantitative estimate of drug-likeness (QED) is 0.405. The highest BCUT2D eigenvalue weighted by Crippen LogP contribution is 2.55. The first-order valence-corrected chi connectivity index (χ1v) is 11.5. The molecule has 1 unspecified atom stereocenters. The number of nitriles is 3. The van der Waals surface area contributed by atoms with E-state index in [0.717, 1.165) is 16.9 Å². The molecule has 1 atom stereocenters. The van der Waals surface area contributed by atoms with Crippen LogP contribution in [0, 0.1) is 34.0 Å². The molecule has 4 nitrogen and oxygen atoms in total. The lowest BCUT2D eigenvalue weighted by Crippen LogP contribution is -2.43. The number of hydrogen-bond acceptors (Lipinski definition) is 5. The van der Waals surface area contributed by atoms with Crippen LogP contribution >= 0.6 is 11.3 Å². The zero-order valence-corrected chi connectivity index (χ0v) is 19.4. The van der Waals surface area contributed by atoms with Crippen molar-refractivity contribution >= 4 is 23.5 Å². The maximum atomic E-state index is 14.8. The minimum Gasteiger partial charge on any atom is -0.465 e. The fourth-order valence-electron chi connectivity index (χ4n) is 3.92.